The van der Waals surface area contributed by atoms with E-state index in [1.165, 1.54) is 41.5 Å². The Labute approximate surface area is 280 Å². The summed E-state index contributed by atoms with van der Waals surface area (Å²) in [6.45, 7) is 2.98. The van der Waals surface area contributed by atoms with Gasteiger partial charge in [-0.2, -0.15) is 5.10 Å². The van der Waals surface area contributed by atoms with Crippen LogP contribution in [0.4, 0.5) is 5.13 Å². The quantitative estimate of drug-likeness (QED) is 0.0907. The molecule has 3 aliphatic rings. The second-order valence-electron chi connectivity index (χ2n) is 11.1. The molecule has 2 saturated heterocycles. The van der Waals surface area contributed by atoms with Crippen molar-refractivity contribution in [1.29, 1.82) is 0 Å². The number of thiophene rings is 1. The van der Waals surface area contributed by atoms with Crippen molar-refractivity contribution in [3.8, 4) is 0 Å². The first kappa shape index (κ1) is 30.9. The number of anilines is 1. The molecule has 2 fully saturated rings. The molecule has 47 heavy (non-hydrogen) atoms. The summed E-state index contributed by atoms with van der Waals surface area (Å²) < 4.78 is 6.02. The molecule has 0 bridgehead atoms. The van der Waals surface area contributed by atoms with E-state index in [0.29, 0.717) is 17.9 Å². The molecule has 4 N–H and O–H groups in total. The lowest BCUT2D eigenvalue weighted by atomic mass is 10.0. The Bertz CT molecular complexity index is 1950. The minimum atomic E-state index is -1.20. The van der Waals surface area contributed by atoms with Gasteiger partial charge in [-0.3, -0.25) is 19.5 Å². The molecule has 2 amide bonds. The average molecular weight is 696 g/mol. The molecule has 4 aromatic rings. The molecule has 7 rings (SSSR count). The van der Waals surface area contributed by atoms with Crippen LogP contribution in [0.1, 0.15) is 29.0 Å². The van der Waals surface area contributed by atoms with Gasteiger partial charge in [0.25, 0.3) is 11.8 Å². The molecule has 7 heterocycles. The van der Waals surface area contributed by atoms with Crippen LogP contribution in [0.3, 0.4) is 0 Å². The highest BCUT2D eigenvalue weighted by atomic mass is 32.2. The van der Waals surface area contributed by atoms with E-state index in [0.717, 1.165) is 35.6 Å². The Morgan fingerprint density at radius 3 is 2.83 bits per heavy atom. The van der Waals surface area contributed by atoms with Crippen LogP contribution < -0.4 is 15.6 Å². The number of hydrogen-bond acceptors (Lipinski definition) is 12. The molecular formula is C29H31N10O5S3+. The summed E-state index contributed by atoms with van der Waals surface area (Å²) in [5, 5.41) is 26.7. The van der Waals surface area contributed by atoms with E-state index >= 15 is 0 Å². The number of nitrogens with one attached hydrogen (secondary N) is 1. The summed E-state index contributed by atoms with van der Waals surface area (Å²) in [7, 11) is 1.29. The Hall–Kier alpha value is -4.68. The Balaban J connectivity index is 1.05. The van der Waals surface area contributed by atoms with E-state index in [2.05, 4.69) is 41.6 Å². The molecule has 0 aromatic carbocycles. The summed E-state index contributed by atoms with van der Waals surface area (Å²) in [5.41, 5.74) is 8.35. The van der Waals surface area contributed by atoms with Crippen molar-refractivity contribution >= 4 is 74.9 Å². The van der Waals surface area contributed by atoms with Gasteiger partial charge >= 0.3 is 11.6 Å². The molecule has 0 unspecified atom stereocenters. The van der Waals surface area contributed by atoms with Crippen molar-refractivity contribution in [3.63, 3.8) is 0 Å². The number of aromatic nitrogens is 4. The number of β-lactam (4-membered cyclic amide) rings is 1. The largest absolute Gasteiger partial charge is 0.477 e. The van der Waals surface area contributed by atoms with Gasteiger partial charge in [-0.1, -0.05) is 5.16 Å². The van der Waals surface area contributed by atoms with E-state index in [1.807, 2.05) is 40.1 Å². The molecule has 2 atom stereocenters. The SMILES string of the molecule is CO/N=C(\C(=O)N[C@@H]1C(=O)N2C(C(=O)O)=C(Cn3ccc4n3cc[n+]4Cc3cc(C=NN4CCCC4)cs3)CS[C@H]12)c1csc(N)n1. The van der Waals surface area contributed by atoms with Crippen LogP contribution in [0, 0.1) is 0 Å². The van der Waals surface area contributed by atoms with Crippen molar-refractivity contribution < 1.29 is 28.9 Å². The number of imidazole rings is 1. The third-order valence-corrected chi connectivity index (χ3v) is 11.0. The van der Waals surface area contributed by atoms with Crippen LogP contribution in [-0.2, 0) is 32.3 Å². The number of nitrogens with zero attached hydrogens (tertiary/aromatic N) is 8. The topological polar surface area (TPSA) is 176 Å². The zero-order chi connectivity index (χ0) is 32.7. The lowest BCUT2D eigenvalue weighted by Crippen LogP contribution is -2.71. The van der Waals surface area contributed by atoms with Gasteiger partial charge in [-0.15, -0.1) is 39.0 Å². The fourth-order valence-corrected chi connectivity index (χ4v) is 8.60. The number of carbonyl (C=O) groups is 3. The summed E-state index contributed by atoms with van der Waals surface area (Å²) >= 11 is 4.22. The van der Waals surface area contributed by atoms with Crippen LogP contribution in [-0.4, -0.2) is 96.3 Å². The number of fused-ring (bicyclic) bond motifs is 2. The zero-order valence-corrected chi connectivity index (χ0v) is 27.6. The number of carbonyl (C=O) groups excluding carboxylic acids is 2. The van der Waals surface area contributed by atoms with Gasteiger partial charge in [0.2, 0.25) is 0 Å². The minimum absolute atomic E-state index is 0.0640. The summed E-state index contributed by atoms with van der Waals surface area (Å²) in [6.07, 6.45) is 10.1. The summed E-state index contributed by atoms with van der Waals surface area (Å²) in [5.74, 6) is -2.03. The maximum absolute atomic E-state index is 13.3. The second kappa shape index (κ2) is 12.8. The predicted octanol–water partition coefficient (Wildman–Crippen LogP) is 1.40. The number of amides is 2. The van der Waals surface area contributed by atoms with Gasteiger partial charge in [0.15, 0.2) is 17.0 Å². The minimum Gasteiger partial charge on any atom is -0.477 e. The standard InChI is InChI=1S/C29H30N10O5S3/c1-44-34-22(20-16-47-29(30)32-20)25(40)33-23-26(41)39-24(28(42)43)18(15-46-27(23)39)12-37-7-4-21-35(8-9-38(21)37)13-19-10-17(14-45-19)11-31-36-5-2-3-6-36/h4,7-11,14,16,23,27H,2-3,5-6,12-13,15H2,1H3,(H3-,30,32,33,40,42,43)/p+1/b31-11?,34-22-/t23-,27-/m1/s1. The lowest BCUT2D eigenvalue weighted by molar-refractivity contribution is -0.661. The number of thioether (sulfide) groups is 1. The molecule has 244 valence electrons. The molecule has 0 aliphatic carbocycles. The highest BCUT2D eigenvalue weighted by Gasteiger charge is 2.54. The number of carboxylic acids is 1. The van der Waals surface area contributed by atoms with Crippen LogP contribution >= 0.6 is 34.4 Å². The Morgan fingerprint density at radius 1 is 1.26 bits per heavy atom. The van der Waals surface area contributed by atoms with Crippen LogP contribution in [0.5, 0.6) is 0 Å². The van der Waals surface area contributed by atoms with Crippen molar-refractivity contribution in [3.05, 3.63) is 68.9 Å². The molecule has 0 saturated carbocycles. The van der Waals surface area contributed by atoms with E-state index < -0.39 is 29.2 Å². The van der Waals surface area contributed by atoms with E-state index in [1.54, 1.807) is 16.7 Å². The maximum Gasteiger partial charge on any atom is 0.352 e. The average Bonchev–Trinajstić information content (AvgIpc) is 3.90. The molecule has 0 radical (unpaired) electrons. The van der Waals surface area contributed by atoms with Crippen molar-refractivity contribution in [2.24, 2.45) is 10.3 Å². The van der Waals surface area contributed by atoms with Crippen molar-refractivity contribution in [1.82, 2.24) is 29.4 Å². The van der Waals surface area contributed by atoms with Crippen molar-refractivity contribution in [2.75, 3.05) is 31.7 Å². The molecular weight excluding hydrogens is 665 g/mol. The first-order chi connectivity index (χ1) is 22.8. The Kier molecular flexibility index (Phi) is 8.46. The highest BCUT2D eigenvalue weighted by Crippen LogP contribution is 2.40. The lowest BCUT2D eigenvalue weighted by Gasteiger charge is -2.49. The number of nitrogen functional groups attached to an aromatic ring is 1. The third-order valence-electron chi connectivity index (χ3n) is 8.09. The number of oxime groups is 1. The smallest absolute Gasteiger partial charge is 0.352 e. The van der Waals surface area contributed by atoms with Gasteiger partial charge in [-0.25, -0.2) is 19.0 Å². The highest BCUT2D eigenvalue weighted by molar-refractivity contribution is 8.00. The van der Waals surface area contributed by atoms with Crippen molar-refractivity contribution in [2.45, 2.75) is 37.3 Å². The maximum atomic E-state index is 13.3. The van der Waals surface area contributed by atoms with Gasteiger partial charge in [-0.05, 0) is 29.9 Å². The fraction of sp³-hybridized carbons (Fsp3) is 0.345. The van der Waals surface area contributed by atoms with Crippen LogP contribution in [0.25, 0.3) is 5.65 Å². The van der Waals surface area contributed by atoms with Crippen LogP contribution in [0.2, 0.25) is 0 Å². The number of aliphatic carboxylic acids is 1. The molecule has 18 heteroatoms. The summed E-state index contributed by atoms with van der Waals surface area (Å²) in [6, 6.07) is 3.20. The first-order valence-electron chi connectivity index (χ1n) is 14.8. The Morgan fingerprint density at radius 2 is 2.09 bits per heavy atom. The van der Waals surface area contributed by atoms with Gasteiger partial charge in [0.1, 0.15) is 42.7 Å². The second-order valence-corrected chi connectivity index (χ2v) is 14.1. The number of carboxylic acid groups (broad SMARTS) is 1. The fourth-order valence-electron chi connectivity index (χ4n) is 5.89. The van der Waals surface area contributed by atoms with E-state index in [-0.39, 0.29) is 28.8 Å². The molecule has 15 nitrogen and oxygen atoms in total. The number of rotatable bonds is 11. The normalized spacial score (nSPS) is 19.9. The van der Waals surface area contributed by atoms with Gasteiger partial charge < -0.3 is 21.0 Å². The monoisotopic (exact) mass is 695 g/mol. The molecule has 0 spiro atoms. The van der Waals surface area contributed by atoms with Gasteiger partial charge in [0, 0.05) is 34.7 Å². The van der Waals surface area contributed by atoms with Gasteiger partial charge in [0.05, 0.1) is 25.0 Å². The number of hydrogen-bond donors (Lipinski definition) is 3. The zero-order valence-electron chi connectivity index (χ0n) is 25.2. The summed E-state index contributed by atoms with van der Waals surface area (Å²) in [4.78, 5) is 50.2. The third kappa shape index (κ3) is 5.98. The predicted molar refractivity (Wildman–Crippen MR) is 177 cm³/mol. The molecule has 3 aliphatic heterocycles. The van der Waals surface area contributed by atoms with E-state index in [9.17, 15) is 19.5 Å². The van der Waals surface area contributed by atoms with E-state index in [4.69, 9.17) is 10.6 Å². The number of nitrogens with two attached hydrogens (primary N) is 1. The first-order valence-corrected chi connectivity index (χ1v) is 17.6. The van der Waals surface area contributed by atoms with Crippen LogP contribution in [0.15, 0.2) is 63.0 Å². The molecule has 4 aromatic heterocycles. The number of thiazole rings is 1. The number of hydrazone groups is 1.